The predicted molar refractivity (Wildman–Crippen MR) is 60.2 cm³/mol. The Morgan fingerprint density at radius 2 is 2.00 bits per heavy atom. The lowest BCUT2D eigenvalue weighted by Crippen LogP contribution is -1.84. The second kappa shape index (κ2) is 4.35. The lowest BCUT2D eigenvalue weighted by Gasteiger charge is -1.99. The monoisotopic (exact) mass is 221 g/mol. The molecule has 0 aliphatic heterocycles. The number of ether oxygens (including phenoxy) is 1. The third-order valence-corrected chi connectivity index (χ3v) is 2.56. The molecule has 0 fully saturated rings. The Bertz CT molecular complexity index is 438. The van der Waals surface area contributed by atoms with Gasteiger partial charge in [-0.2, -0.15) is 0 Å². The highest BCUT2D eigenvalue weighted by Crippen LogP contribution is 2.20. The standard InChI is InChI=1S/C10H11N3OS/c1-14-8-5-3-7(4-6-8)9-11-10(15-2)13-12-9/h3-6H,1-2H3,(H,11,12,13). The van der Waals surface area contributed by atoms with Crippen molar-refractivity contribution in [3.05, 3.63) is 24.3 Å². The van der Waals surface area contributed by atoms with Gasteiger partial charge in [0.15, 0.2) is 5.82 Å². The predicted octanol–water partition coefficient (Wildman–Crippen LogP) is 2.20. The first kappa shape index (κ1) is 10.0. The van der Waals surface area contributed by atoms with Crippen LogP contribution in [0.4, 0.5) is 0 Å². The summed E-state index contributed by atoms with van der Waals surface area (Å²) in [5.41, 5.74) is 1.00. The number of H-pyrrole nitrogens is 1. The third kappa shape index (κ3) is 2.12. The summed E-state index contributed by atoms with van der Waals surface area (Å²) >= 11 is 1.51. The van der Waals surface area contributed by atoms with Gasteiger partial charge in [-0.05, 0) is 30.5 Å². The zero-order chi connectivity index (χ0) is 10.7. The van der Waals surface area contributed by atoms with E-state index >= 15 is 0 Å². The van der Waals surface area contributed by atoms with Gasteiger partial charge in [0.2, 0.25) is 5.16 Å². The molecule has 1 N–H and O–H groups in total. The molecule has 0 bridgehead atoms. The van der Waals surface area contributed by atoms with Gasteiger partial charge < -0.3 is 4.74 Å². The summed E-state index contributed by atoms with van der Waals surface area (Å²) < 4.78 is 5.08. The topological polar surface area (TPSA) is 50.8 Å². The van der Waals surface area contributed by atoms with Gasteiger partial charge in [-0.3, -0.25) is 5.10 Å². The Hall–Kier alpha value is -1.49. The van der Waals surface area contributed by atoms with E-state index in [1.807, 2.05) is 30.5 Å². The third-order valence-electron chi connectivity index (χ3n) is 2.01. The van der Waals surface area contributed by atoms with Crippen molar-refractivity contribution in [3.8, 4) is 17.1 Å². The molecule has 1 aromatic heterocycles. The minimum absolute atomic E-state index is 0.751. The smallest absolute Gasteiger partial charge is 0.208 e. The van der Waals surface area contributed by atoms with Crippen LogP contribution in [-0.2, 0) is 0 Å². The van der Waals surface area contributed by atoms with E-state index in [1.54, 1.807) is 7.11 Å². The van der Waals surface area contributed by atoms with E-state index in [0.717, 1.165) is 22.3 Å². The molecule has 0 aliphatic rings. The van der Waals surface area contributed by atoms with Gasteiger partial charge in [0, 0.05) is 5.56 Å². The highest BCUT2D eigenvalue weighted by Gasteiger charge is 2.04. The maximum Gasteiger partial charge on any atom is 0.208 e. The average Bonchev–Trinajstić information content (AvgIpc) is 2.78. The molecule has 1 heterocycles. The van der Waals surface area contributed by atoms with Crippen LogP contribution < -0.4 is 4.74 Å². The van der Waals surface area contributed by atoms with Crippen molar-refractivity contribution in [1.29, 1.82) is 0 Å². The molecule has 2 rings (SSSR count). The molecular formula is C10H11N3OS. The molecule has 0 amide bonds. The van der Waals surface area contributed by atoms with Gasteiger partial charge in [0.1, 0.15) is 5.75 Å². The van der Waals surface area contributed by atoms with Crippen molar-refractivity contribution in [3.63, 3.8) is 0 Å². The lowest BCUT2D eigenvalue weighted by molar-refractivity contribution is 0.415. The number of hydrogen-bond acceptors (Lipinski definition) is 4. The molecule has 0 spiro atoms. The summed E-state index contributed by atoms with van der Waals surface area (Å²) in [6.07, 6.45) is 1.95. The van der Waals surface area contributed by atoms with Gasteiger partial charge in [-0.15, -0.1) is 5.10 Å². The molecule has 15 heavy (non-hydrogen) atoms. The van der Waals surface area contributed by atoms with Crippen molar-refractivity contribution in [2.75, 3.05) is 13.4 Å². The SMILES string of the molecule is COc1ccc(-c2nc(SC)n[nH]2)cc1. The summed E-state index contributed by atoms with van der Waals surface area (Å²) in [6.45, 7) is 0. The molecule has 0 atom stereocenters. The molecule has 0 unspecified atom stereocenters. The molecule has 0 saturated heterocycles. The number of rotatable bonds is 3. The van der Waals surface area contributed by atoms with Crippen molar-refractivity contribution >= 4 is 11.8 Å². The summed E-state index contributed by atoms with van der Waals surface area (Å²) in [4.78, 5) is 4.31. The van der Waals surface area contributed by atoms with Gasteiger partial charge in [-0.25, -0.2) is 4.98 Å². The summed E-state index contributed by atoms with van der Waals surface area (Å²) in [6, 6.07) is 7.69. The molecule has 0 radical (unpaired) electrons. The fourth-order valence-electron chi connectivity index (χ4n) is 1.22. The Morgan fingerprint density at radius 3 is 2.53 bits per heavy atom. The minimum Gasteiger partial charge on any atom is -0.497 e. The second-order valence-corrected chi connectivity index (χ2v) is 3.67. The van der Waals surface area contributed by atoms with Crippen LogP contribution in [0, 0.1) is 0 Å². The van der Waals surface area contributed by atoms with Gasteiger partial charge in [-0.1, -0.05) is 11.8 Å². The van der Waals surface area contributed by atoms with Crippen LogP contribution in [0.5, 0.6) is 5.75 Å². The number of methoxy groups -OCH3 is 1. The average molecular weight is 221 g/mol. The number of benzene rings is 1. The van der Waals surface area contributed by atoms with Crippen LogP contribution in [0.2, 0.25) is 0 Å². The van der Waals surface area contributed by atoms with Crippen LogP contribution in [0.1, 0.15) is 0 Å². The number of thioether (sulfide) groups is 1. The number of aromatic nitrogens is 3. The number of aromatic amines is 1. The van der Waals surface area contributed by atoms with E-state index in [4.69, 9.17) is 4.74 Å². The Kier molecular flexibility index (Phi) is 2.91. The fraction of sp³-hybridized carbons (Fsp3) is 0.200. The molecule has 1 aromatic carbocycles. The molecular weight excluding hydrogens is 210 g/mol. The first-order chi connectivity index (χ1) is 7.33. The summed E-state index contributed by atoms with van der Waals surface area (Å²) in [5.74, 6) is 1.62. The van der Waals surface area contributed by atoms with Crippen LogP contribution in [0.15, 0.2) is 29.4 Å². The van der Waals surface area contributed by atoms with Crippen molar-refractivity contribution in [2.45, 2.75) is 5.16 Å². The fourth-order valence-corrected chi connectivity index (χ4v) is 1.54. The Labute approximate surface area is 92.1 Å². The normalized spacial score (nSPS) is 10.3. The van der Waals surface area contributed by atoms with Crippen LogP contribution >= 0.6 is 11.8 Å². The van der Waals surface area contributed by atoms with Crippen LogP contribution in [-0.4, -0.2) is 28.5 Å². The molecule has 5 heteroatoms. The van der Waals surface area contributed by atoms with E-state index in [-0.39, 0.29) is 0 Å². The number of nitrogens with one attached hydrogen (secondary N) is 1. The van der Waals surface area contributed by atoms with E-state index in [0.29, 0.717) is 0 Å². The van der Waals surface area contributed by atoms with Gasteiger partial charge in [0.05, 0.1) is 7.11 Å². The van der Waals surface area contributed by atoms with Crippen molar-refractivity contribution < 1.29 is 4.74 Å². The zero-order valence-corrected chi connectivity index (χ0v) is 9.34. The van der Waals surface area contributed by atoms with E-state index < -0.39 is 0 Å². The molecule has 0 saturated carbocycles. The molecule has 2 aromatic rings. The van der Waals surface area contributed by atoms with Crippen LogP contribution in [0.3, 0.4) is 0 Å². The summed E-state index contributed by atoms with van der Waals surface area (Å²) in [5, 5.41) is 7.69. The second-order valence-electron chi connectivity index (χ2n) is 2.90. The van der Waals surface area contributed by atoms with Crippen molar-refractivity contribution in [2.24, 2.45) is 0 Å². The number of nitrogens with zero attached hydrogens (tertiary/aromatic N) is 2. The largest absolute Gasteiger partial charge is 0.497 e. The lowest BCUT2D eigenvalue weighted by atomic mass is 10.2. The quantitative estimate of drug-likeness (QED) is 0.807. The minimum atomic E-state index is 0.751. The molecule has 0 aliphatic carbocycles. The van der Waals surface area contributed by atoms with E-state index in [1.165, 1.54) is 11.8 Å². The maximum absolute atomic E-state index is 5.08. The first-order valence-corrected chi connectivity index (χ1v) is 5.67. The highest BCUT2D eigenvalue weighted by molar-refractivity contribution is 7.98. The van der Waals surface area contributed by atoms with E-state index in [9.17, 15) is 0 Å². The molecule has 4 nitrogen and oxygen atoms in total. The Morgan fingerprint density at radius 1 is 1.27 bits per heavy atom. The van der Waals surface area contributed by atoms with Crippen LogP contribution in [0.25, 0.3) is 11.4 Å². The maximum atomic E-state index is 5.08. The number of hydrogen-bond donors (Lipinski definition) is 1. The zero-order valence-electron chi connectivity index (χ0n) is 8.52. The van der Waals surface area contributed by atoms with Gasteiger partial charge in [0.25, 0.3) is 0 Å². The first-order valence-electron chi connectivity index (χ1n) is 4.44. The van der Waals surface area contributed by atoms with E-state index in [2.05, 4.69) is 15.2 Å². The molecule has 78 valence electrons. The van der Waals surface area contributed by atoms with Gasteiger partial charge >= 0.3 is 0 Å². The highest BCUT2D eigenvalue weighted by atomic mass is 32.2. The Balaban J connectivity index is 2.28. The summed E-state index contributed by atoms with van der Waals surface area (Å²) in [7, 11) is 1.65. The van der Waals surface area contributed by atoms with Crippen molar-refractivity contribution in [1.82, 2.24) is 15.2 Å².